The summed E-state index contributed by atoms with van der Waals surface area (Å²) >= 11 is 9.04. The normalized spacial score (nSPS) is 11.0. The summed E-state index contributed by atoms with van der Waals surface area (Å²) in [5.74, 6) is -1.90. The highest BCUT2D eigenvalue weighted by Gasteiger charge is 2.17. The second kappa shape index (κ2) is 10.2. The molecule has 3 rings (SSSR count). The molecule has 2 N–H and O–H groups in total. The van der Waals surface area contributed by atoms with E-state index in [-0.39, 0.29) is 22.1 Å². The molecule has 0 aliphatic rings. The summed E-state index contributed by atoms with van der Waals surface area (Å²) in [6.45, 7) is 0. The van der Waals surface area contributed by atoms with Crippen LogP contribution in [0.1, 0.15) is 15.9 Å². The first-order valence-corrected chi connectivity index (χ1v) is 10.2. The van der Waals surface area contributed by atoms with E-state index in [1.165, 1.54) is 42.5 Å². The van der Waals surface area contributed by atoms with E-state index in [1.807, 2.05) is 0 Å². The van der Waals surface area contributed by atoms with Gasteiger partial charge in [0.05, 0.1) is 15.5 Å². The molecule has 0 aromatic heterocycles. The molecule has 2 amide bonds. The summed E-state index contributed by atoms with van der Waals surface area (Å²) in [5.41, 5.74) is 0.683. The number of non-ortho nitro benzene ring substituents is 1. The van der Waals surface area contributed by atoms with Crippen molar-refractivity contribution in [3.63, 3.8) is 0 Å². The maximum Gasteiger partial charge on any atom is 0.272 e. The quantitative estimate of drug-likeness (QED) is 0.253. The standard InChI is InChI=1S/C22H14BrClFN3O4/c23-17-4-2-1-3-16(17)21(29)27-20(11-13-5-8-15(9-6-13)28(31)32)22(30)26-14-7-10-19(25)18(24)12-14/h1-12H,(H,26,30)(H,27,29)/b20-11+. The first-order chi connectivity index (χ1) is 15.2. The van der Waals surface area contributed by atoms with Crippen molar-refractivity contribution in [1.82, 2.24) is 5.32 Å². The molecule has 32 heavy (non-hydrogen) atoms. The second-order valence-corrected chi connectivity index (χ2v) is 7.69. The molecule has 0 atom stereocenters. The van der Waals surface area contributed by atoms with Gasteiger partial charge in [-0.2, -0.15) is 0 Å². The minimum atomic E-state index is -0.702. The Balaban J connectivity index is 1.93. The van der Waals surface area contributed by atoms with Gasteiger partial charge < -0.3 is 10.6 Å². The highest BCUT2D eigenvalue weighted by atomic mass is 79.9. The van der Waals surface area contributed by atoms with Gasteiger partial charge in [-0.1, -0.05) is 23.7 Å². The molecule has 0 heterocycles. The lowest BCUT2D eigenvalue weighted by Gasteiger charge is -2.12. The summed E-state index contributed by atoms with van der Waals surface area (Å²) < 4.78 is 13.9. The molecule has 0 aliphatic carbocycles. The third-order valence-electron chi connectivity index (χ3n) is 4.20. The van der Waals surface area contributed by atoms with E-state index in [0.29, 0.717) is 15.6 Å². The van der Waals surface area contributed by atoms with Gasteiger partial charge in [-0.05, 0) is 70.0 Å². The van der Waals surface area contributed by atoms with Crippen molar-refractivity contribution in [2.24, 2.45) is 0 Å². The van der Waals surface area contributed by atoms with E-state index in [9.17, 15) is 24.1 Å². The highest BCUT2D eigenvalue weighted by molar-refractivity contribution is 9.10. The third kappa shape index (κ3) is 5.77. The van der Waals surface area contributed by atoms with Crippen molar-refractivity contribution in [2.75, 3.05) is 5.32 Å². The molecule has 10 heteroatoms. The van der Waals surface area contributed by atoms with Crippen molar-refractivity contribution in [3.05, 3.63) is 109 Å². The van der Waals surface area contributed by atoms with Crippen LogP contribution >= 0.6 is 27.5 Å². The van der Waals surface area contributed by atoms with Crippen LogP contribution in [0.3, 0.4) is 0 Å². The molecule has 7 nitrogen and oxygen atoms in total. The molecule has 0 aliphatic heterocycles. The fourth-order valence-electron chi connectivity index (χ4n) is 2.62. The number of halogens is 3. The third-order valence-corrected chi connectivity index (χ3v) is 5.18. The molecule has 0 radical (unpaired) electrons. The van der Waals surface area contributed by atoms with Gasteiger partial charge in [0.1, 0.15) is 11.5 Å². The van der Waals surface area contributed by atoms with Crippen LogP contribution in [-0.4, -0.2) is 16.7 Å². The smallest absolute Gasteiger partial charge is 0.272 e. The molecule has 0 bridgehead atoms. The fourth-order valence-corrected chi connectivity index (χ4v) is 3.27. The topological polar surface area (TPSA) is 101 Å². The van der Waals surface area contributed by atoms with Crippen molar-refractivity contribution < 1.29 is 18.9 Å². The average molecular weight is 519 g/mol. The first kappa shape index (κ1) is 23.1. The van der Waals surface area contributed by atoms with Gasteiger partial charge >= 0.3 is 0 Å². The number of nitro benzene ring substituents is 1. The Morgan fingerprint density at radius 1 is 1.06 bits per heavy atom. The number of nitrogens with one attached hydrogen (secondary N) is 2. The molecule has 0 spiro atoms. The van der Waals surface area contributed by atoms with Crippen LogP contribution in [0.15, 0.2) is 76.9 Å². The molecular formula is C22H14BrClFN3O4. The van der Waals surface area contributed by atoms with Crippen molar-refractivity contribution in [1.29, 1.82) is 0 Å². The molecule has 0 fully saturated rings. The van der Waals surface area contributed by atoms with Crippen molar-refractivity contribution >= 4 is 56.8 Å². The van der Waals surface area contributed by atoms with Gasteiger partial charge in [0.2, 0.25) is 0 Å². The lowest BCUT2D eigenvalue weighted by atomic mass is 10.1. The highest BCUT2D eigenvalue weighted by Crippen LogP contribution is 2.21. The first-order valence-electron chi connectivity index (χ1n) is 9.03. The number of nitrogens with zero attached hydrogens (tertiary/aromatic N) is 1. The minimum absolute atomic E-state index is 0.119. The van der Waals surface area contributed by atoms with Crippen LogP contribution in [0.4, 0.5) is 15.8 Å². The van der Waals surface area contributed by atoms with E-state index < -0.39 is 22.6 Å². The van der Waals surface area contributed by atoms with E-state index in [4.69, 9.17) is 11.6 Å². The fraction of sp³-hybridized carbons (Fsp3) is 0. The van der Waals surface area contributed by atoms with Crippen molar-refractivity contribution in [3.8, 4) is 0 Å². The van der Waals surface area contributed by atoms with Gasteiger partial charge in [-0.3, -0.25) is 19.7 Å². The van der Waals surface area contributed by atoms with E-state index in [0.717, 1.165) is 6.07 Å². The Bertz CT molecular complexity index is 1230. The SMILES string of the molecule is O=C(Nc1ccc(F)c(Cl)c1)/C(=C\c1ccc([N+](=O)[O-])cc1)NC(=O)c1ccccc1Br. The lowest BCUT2D eigenvalue weighted by molar-refractivity contribution is -0.384. The molecule has 0 unspecified atom stereocenters. The second-order valence-electron chi connectivity index (χ2n) is 6.42. The zero-order valence-corrected chi connectivity index (χ0v) is 18.5. The van der Waals surface area contributed by atoms with Crippen LogP contribution in [0.2, 0.25) is 5.02 Å². The predicted octanol–water partition coefficient (Wildman–Crippen LogP) is 5.56. The van der Waals surface area contributed by atoms with Gasteiger partial charge in [0.25, 0.3) is 17.5 Å². The molecule has 0 saturated heterocycles. The lowest BCUT2D eigenvalue weighted by Crippen LogP contribution is -2.31. The summed E-state index contributed by atoms with van der Waals surface area (Å²) in [5, 5.41) is 15.8. The number of amides is 2. The number of hydrogen-bond donors (Lipinski definition) is 2. The number of nitro groups is 1. The number of benzene rings is 3. The number of anilines is 1. The molecule has 3 aromatic rings. The molecule has 162 valence electrons. The van der Waals surface area contributed by atoms with Crippen LogP contribution in [0, 0.1) is 15.9 Å². The number of carbonyl (C=O) groups is 2. The number of hydrogen-bond acceptors (Lipinski definition) is 4. The van der Waals surface area contributed by atoms with Crippen LogP contribution in [0.25, 0.3) is 6.08 Å². The predicted molar refractivity (Wildman–Crippen MR) is 123 cm³/mol. The van der Waals surface area contributed by atoms with E-state index in [2.05, 4.69) is 26.6 Å². The maximum absolute atomic E-state index is 13.4. The summed E-state index contributed by atoms with van der Waals surface area (Å²) in [6.07, 6.45) is 1.36. The maximum atomic E-state index is 13.4. The average Bonchev–Trinajstić information content (AvgIpc) is 2.76. The van der Waals surface area contributed by atoms with Crippen LogP contribution < -0.4 is 10.6 Å². The Labute approximate surface area is 195 Å². The molecular weight excluding hydrogens is 505 g/mol. The minimum Gasteiger partial charge on any atom is -0.321 e. The molecule has 0 saturated carbocycles. The van der Waals surface area contributed by atoms with Crippen molar-refractivity contribution in [2.45, 2.75) is 0 Å². The van der Waals surface area contributed by atoms with Gasteiger partial charge in [0.15, 0.2) is 0 Å². The number of carbonyl (C=O) groups excluding carboxylic acids is 2. The zero-order chi connectivity index (χ0) is 23.3. The van der Waals surface area contributed by atoms with Crippen LogP contribution in [-0.2, 0) is 4.79 Å². The zero-order valence-electron chi connectivity index (χ0n) is 16.1. The Hall–Kier alpha value is -3.56. The Morgan fingerprint density at radius 2 is 1.75 bits per heavy atom. The summed E-state index contributed by atoms with van der Waals surface area (Å²) in [6, 6.07) is 15.7. The van der Waals surface area contributed by atoms with Gasteiger partial charge in [0, 0.05) is 22.3 Å². The monoisotopic (exact) mass is 517 g/mol. The van der Waals surface area contributed by atoms with E-state index in [1.54, 1.807) is 24.3 Å². The number of rotatable bonds is 6. The Kier molecular flexibility index (Phi) is 7.34. The van der Waals surface area contributed by atoms with Crippen LogP contribution in [0.5, 0.6) is 0 Å². The summed E-state index contributed by atoms with van der Waals surface area (Å²) in [7, 11) is 0. The Morgan fingerprint density at radius 3 is 2.38 bits per heavy atom. The van der Waals surface area contributed by atoms with E-state index >= 15 is 0 Å². The van der Waals surface area contributed by atoms with Gasteiger partial charge in [-0.25, -0.2) is 4.39 Å². The largest absolute Gasteiger partial charge is 0.321 e. The summed E-state index contributed by atoms with van der Waals surface area (Å²) in [4.78, 5) is 35.9. The molecule has 3 aromatic carbocycles. The van der Waals surface area contributed by atoms with Gasteiger partial charge in [-0.15, -0.1) is 0 Å².